The van der Waals surface area contributed by atoms with Crippen LogP contribution in [-0.2, 0) is 0 Å². The minimum atomic E-state index is -0.865. The van der Waals surface area contributed by atoms with Gasteiger partial charge in [0.2, 0.25) is 5.95 Å². The van der Waals surface area contributed by atoms with Crippen molar-refractivity contribution in [1.82, 2.24) is 9.97 Å². The Morgan fingerprint density at radius 2 is 1.85 bits per heavy atom. The molecule has 8 heteroatoms. The van der Waals surface area contributed by atoms with E-state index in [4.69, 9.17) is 4.74 Å². The molecule has 0 unspecified atom stereocenters. The molecule has 1 heterocycles. The number of ether oxygens (including phenoxy) is 1. The highest BCUT2D eigenvalue weighted by molar-refractivity contribution is 6.03. The van der Waals surface area contributed by atoms with Crippen LogP contribution in [0.5, 0.6) is 5.75 Å². The van der Waals surface area contributed by atoms with Gasteiger partial charge in [-0.2, -0.15) is 0 Å². The predicted molar refractivity (Wildman–Crippen MR) is 92.6 cm³/mol. The first kappa shape index (κ1) is 17.3. The highest BCUT2D eigenvalue weighted by Gasteiger charge is 2.11. The standard InChI is InChI=1S/C18H14F2N4O2/c1-26-14-4-2-3-13(8-14)23-18-21-9-11(10-22-18)17(25)24-16-6-5-12(19)7-15(16)20/h2-10H,1H3,(H,24,25)(H,21,22,23). The monoisotopic (exact) mass is 356 g/mol. The zero-order chi connectivity index (χ0) is 18.5. The van der Waals surface area contributed by atoms with Gasteiger partial charge in [-0.1, -0.05) is 6.07 Å². The normalized spacial score (nSPS) is 10.3. The number of carbonyl (C=O) groups excluding carboxylic acids is 1. The summed E-state index contributed by atoms with van der Waals surface area (Å²) in [6.07, 6.45) is 2.60. The number of halogens is 2. The van der Waals surface area contributed by atoms with Gasteiger partial charge in [0.1, 0.15) is 17.4 Å². The number of nitrogens with one attached hydrogen (secondary N) is 2. The lowest BCUT2D eigenvalue weighted by atomic mass is 10.2. The molecule has 0 radical (unpaired) electrons. The Morgan fingerprint density at radius 3 is 2.54 bits per heavy atom. The summed E-state index contributed by atoms with van der Waals surface area (Å²) >= 11 is 0. The molecule has 0 bridgehead atoms. The van der Waals surface area contributed by atoms with Crippen LogP contribution in [0.3, 0.4) is 0 Å². The number of hydrogen-bond acceptors (Lipinski definition) is 5. The summed E-state index contributed by atoms with van der Waals surface area (Å²) in [6.45, 7) is 0. The van der Waals surface area contributed by atoms with Crippen LogP contribution < -0.4 is 15.4 Å². The number of rotatable bonds is 5. The van der Waals surface area contributed by atoms with E-state index in [1.165, 1.54) is 12.4 Å². The second-order valence-electron chi connectivity index (χ2n) is 5.23. The average molecular weight is 356 g/mol. The third-order valence-corrected chi connectivity index (χ3v) is 3.42. The molecule has 0 aliphatic heterocycles. The highest BCUT2D eigenvalue weighted by Crippen LogP contribution is 2.19. The number of amides is 1. The van der Waals surface area contributed by atoms with Crippen molar-refractivity contribution in [3.05, 3.63) is 72.1 Å². The second kappa shape index (κ2) is 7.56. The second-order valence-corrected chi connectivity index (χ2v) is 5.23. The summed E-state index contributed by atoms with van der Waals surface area (Å²) in [5.74, 6) is -1.24. The molecule has 26 heavy (non-hydrogen) atoms. The minimum absolute atomic E-state index is 0.130. The Balaban J connectivity index is 1.69. The Kier molecular flexibility index (Phi) is 5.02. The fourth-order valence-electron chi connectivity index (χ4n) is 2.13. The van der Waals surface area contributed by atoms with E-state index >= 15 is 0 Å². The van der Waals surface area contributed by atoms with Crippen molar-refractivity contribution >= 4 is 23.2 Å². The van der Waals surface area contributed by atoms with Crippen LogP contribution >= 0.6 is 0 Å². The topological polar surface area (TPSA) is 76.1 Å². The van der Waals surface area contributed by atoms with Crippen molar-refractivity contribution in [2.45, 2.75) is 0 Å². The first-order valence-electron chi connectivity index (χ1n) is 7.54. The molecular weight excluding hydrogens is 342 g/mol. The van der Waals surface area contributed by atoms with Gasteiger partial charge in [0, 0.05) is 30.2 Å². The molecule has 2 N–H and O–H groups in total. The number of hydrogen-bond donors (Lipinski definition) is 2. The minimum Gasteiger partial charge on any atom is -0.497 e. The first-order chi connectivity index (χ1) is 12.5. The molecule has 0 aliphatic rings. The van der Waals surface area contributed by atoms with Gasteiger partial charge >= 0.3 is 0 Å². The third-order valence-electron chi connectivity index (χ3n) is 3.42. The van der Waals surface area contributed by atoms with Crippen LogP contribution in [-0.4, -0.2) is 23.0 Å². The SMILES string of the molecule is COc1cccc(Nc2ncc(C(=O)Nc3ccc(F)cc3F)cn2)c1. The van der Waals surface area contributed by atoms with Gasteiger partial charge in [-0.3, -0.25) is 4.79 Å². The van der Waals surface area contributed by atoms with Crippen molar-refractivity contribution in [2.24, 2.45) is 0 Å². The van der Waals surface area contributed by atoms with Crippen LogP contribution in [0.2, 0.25) is 0 Å². The molecule has 0 saturated carbocycles. The zero-order valence-corrected chi connectivity index (χ0v) is 13.7. The van der Waals surface area contributed by atoms with E-state index in [0.29, 0.717) is 11.8 Å². The number of benzene rings is 2. The Morgan fingerprint density at radius 1 is 1.08 bits per heavy atom. The first-order valence-corrected chi connectivity index (χ1v) is 7.54. The van der Waals surface area contributed by atoms with Crippen LogP contribution in [0.1, 0.15) is 10.4 Å². The fourth-order valence-corrected chi connectivity index (χ4v) is 2.13. The van der Waals surface area contributed by atoms with E-state index < -0.39 is 17.5 Å². The highest BCUT2D eigenvalue weighted by atomic mass is 19.1. The zero-order valence-electron chi connectivity index (χ0n) is 13.7. The lowest BCUT2D eigenvalue weighted by Crippen LogP contribution is -2.14. The Bertz CT molecular complexity index is 933. The van der Waals surface area contributed by atoms with Crippen LogP contribution in [0.15, 0.2) is 54.9 Å². The summed E-state index contributed by atoms with van der Waals surface area (Å²) in [5, 5.41) is 5.31. The maximum absolute atomic E-state index is 13.6. The quantitative estimate of drug-likeness (QED) is 0.728. The van der Waals surface area contributed by atoms with Crippen molar-refractivity contribution in [2.75, 3.05) is 17.7 Å². The Labute approximate surface area is 147 Å². The maximum atomic E-state index is 13.6. The molecule has 132 valence electrons. The lowest BCUT2D eigenvalue weighted by molar-refractivity contribution is 0.102. The molecule has 0 aliphatic carbocycles. The summed E-state index contributed by atoms with van der Waals surface area (Å²) < 4.78 is 31.6. The van der Waals surface area contributed by atoms with Crippen molar-refractivity contribution in [3.8, 4) is 5.75 Å². The van der Waals surface area contributed by atoms with E-state index in [-0.39, 0.29) is 17.2 Å². The third kappa shape index (κ3) is 4.10. The Hall–Kier alpha value is -3.55. The van der Waals surface area contributed by atoms with Gasteiger partial charge in [0.15, 0.2) is 0 Å². The van der Waals surface area contributed by atoms with Gasteiger partial charge in [0.05, 0.1) is 18.4 Å². The molecule has 0 spiro atoms. The molecule has 3 aromatic rings. The summed E-state index contributed by atoms with van der Waals surface area (Å²) in [7, 11) is 1.56. The molecule has 0 atom stereocenters. The number of nitrogens with zero attached hydrogens (tertiary/aromatic N) is 2. The van der Waals surface area contributed by atoms with Crippen molar-refractivity contribution < 1.29 is 18.3 Å². The van der Waals surface area contributed by atoms with E-state index in [0.717, 1.165) is 17.8 Å². The number of carbonyl (C=O) groups is 1. The van der Waals surface area contributed by atoms with Gasteiger partial charge in [-0.05, 0) is 24.3 Å². The van der Waals surface area contributed by atoms with Crippen LogP contribution in [0.25, 0.3) is 0 Å². The lowest BCUT2D eigenvalue weighted by Gasteiger charge is -2.08. The molecule has 3 rings (SSSR count). The van der Waals surface area contributed by atoms with Gasteiger partial charge in [0.25, 0.3) is 5.91 Å². The van der Waals surface area contributed by atoms with E-state index in [1.807, 2.05) is 6.07 Å². The predicted octanol–water partition coefficient (Wildman–Crippen LogP) is 3.76. The van der Waals surface area contributed by atoms with Gasteiger partial charge < -0.3 is 15.4 Å². The molecule has 1 aromatic heterocycles. The maximum Gasteiger partial charge on any atom is 0.258 e. The largest absolute Gasteiger partial charge is 0.497 e. The van der Waals surface area contributed by atoms with E-state index in [2.05, 4.69) is 20.6 Å². The molecule has 1 amide bonds. The number of aromatic nitrogens is 2. The molecular formula is C18H14F2N4O2. The average Bonchev–Trinajstić information content (AvgIpc) is 2.64. The molecule has 6 nitrogen and oxygen atoms in total. The summed E-state index contributed by atoms with van der Waals surface area (Å²) in [5.41, 5.74) is 0.717. The summed E-state index contributed by atoms with van der Waals surface area (Å²) in [6, 6.07) is 10.1. The summed E-state index contributed by atoms with van der Waals surface area (Å²) in [4.78, 5) is 20.2. The van der Waals surface area contributed by atoms with Crippen LogP contribution in [0, 0.1) is 11.6 Å². The molecule has 0 fully saturated rings. The molecule has 2 aromatic carbocycles. The van der Waals surface area contributed by atoms with E-state index in [9.17, 15) is 13.6 Å². The van der Waals surface area contributed by atoms with E-state index in [1.54, 1.807) is 25.3 Å². The van der Waals surface area contributed by atoms with Crippen molar-refractivity contribution in [3.63, 3.8) is 0 Å². The number of methoxy groups -OCH3 is 1. The number of anilines is 3. The van der Waals surface area contributed by atoms with Gasteiger partial charge in [-0.25, -0.2) is 18.7 Å². The molecule has 0 saturated heterocycles. The van der Waals surface area contributed by atoms with Crippen molar-refractivity contribution in [1.29, 1.82) is 0 Å². The van der Waals surface area contributed by atoms with Crippen LogP contribution in [0.4, 0.5) is 26.1 Å². The fraction of sp³-hybridized carbons (Fsp3) is 0.0556. The van der Waals surface area contributed by atoms with Gasteiger partial charge in [-0.15, -0.1) is 0 Å². The smallest absolute Gasteiger partial charge is 0.258 e.